The van der Waals surface area contributed by atoms with Crippen molar-refractivity contribution < 1.29 is 4.84 Å². The van der Waals surface area contributed by atoms with Crippen molar-refractivity contribution in [2.24, 2.45) is 0 Å². The maximum absolute atomic E-state index is 5.15. The first-order chi connectivity index (χ1) is 6.65. The van der Waals surface area contributed by atoms with E-state index in [1.165, 1.54) is 5.56 Å². The normalized spacial score (nSPS) is 12.9. The molecule has 1 aromatic carbocycles. The van der Waals surface area contributed by atoms with Crippen LogP contribution in [0.25, 0.3) is 0 Å². The van der Waals surface area contributed by atoms with Crippen molar-refractivity contribution in [2.45, 2.75) is 19.9 Å². The summed E-state index contributed by atoms with van der Waals surface area (Å²) >= 11 is 6.93. The number of rotatable bonds is 4. The summed E-state index contributed by atoms with van der Waals surface area (Å²) in [5, 5.41) is 0. The van der Waals surface area contributed by atoms with Crippen LogP contribution < -0.4 is 5.48 Å². The summed E-state index contributed by atoms with van der Waals surface area (Å²) in [5.74, 6) is 0. The predicted molar refractivity (Wildman–Crippen MR) is 65.0 cm³/mol. The Labute approximate surface area is 101 Å². The van der Waals surface area contributed by atoms with E-state index in [1.807, 2.05) is 19.1 Å². The molecule has 0 aliphatic carbocycles. The first-order valence-corrected chi connectivity index (χ1v) is 6.06. The van der Waals surface area contributed by atoms with Crippen LogP contribution in [0.2, 0.25) is 0 Å². The fraction of sp³-hybridized carbons (Fsp3) is 0.400. The molecule has 0 amide bonds. The van der Waals surface area contributed by atoms with Crippen LogP contribution in [0.5, 0.6) is 0 Å². The number of benzene rings is 1. The summed E-state index contributed by atoms with van der Waals surface area (Å²) in [6.07, 6.45) is 0. The summed E-state index contributed by atoms with van der Waals surface area (Å²) in [5.41, 5.74) is 4.15. The topological polar surface area (TPSA) is 21.3 Å². The highest BCUT2D eigenvalue weighted by atomic mass is 79.9. The second-order valence-corrected chi connectivity index (χ2v) is 4.71. The van der Waals surface area contributed by atoms with Crippen molar-refractivity contribution in [1.82, 2.24) is 5.48 Å². The molecule has 78 valence electrons. The Hall–Kier alpha value is 0.1000. The molecule has 0 aromatic heterocycles. The highest BCUT2D eigenvalue weighted by Crippen LogP contribution is 2.26. The van der Waals surface area contributed by atoms with Gasteiger partial charge in [0.15, 0.2) is 0 Å². The molecular formula is C10H13Br2NO. The molecule has 1 N–H and O–H groups in total. The monoisotopic (exact) mass is 321 g/mol. The van der Waals surface area contributed by atoms with E-state index in [9.17, 15) is 0 Å². The van der Waals surface area contributed by atoms with Crippen molar-refractivity contribution in [2.75, 3.05) is 6.61 Å². The number of halogens is 2. The third-order valence-corrected chi connectivity index (χ3v) is 3.01. The van der Waals surface area contributed by atoms with Crippen LogP contribution in [0, 0.1) is 0 Å². The van der Waals surface area contributed by atoms with Gasteiger partial charge < -0.3 is 4.84 Å². The van der Waals surface area contributed by atoms with E-state index >= 15 is 0 Å². The van der Waals surface area contributed by atoms with Gasteiger partial charge in [-0.2, -0.15) is 5.48 Å². The Morgan fingerprint density at radius 1 is 1.43 bits per heavy atom. The summed E-state index contributed by atoms with van der Waals surface area (Å²) in [4.78, 5) is 5.15. The largest absolute Gasteiger partial charge is 0.302 e. The lowest BCUT2D eigenvalue weighted by atomic mass is 10.1. The van der Waals surface area contributed by atoms with Gasteiger partial charge >= 0.3 is 0 Å². The van der Waals surface area contributed by atoms with E-state index in [0.29, 0.717) is 6.61 Å². The van der Waals surface area contributed by atoms with Gasteiger partial charge in [0.2, 0.25) is 0 Å². The molecule has 0 radical (unpaired) electrons. The fourth-order valence-corrected chi connectivity index (χ4v) is 2.51. The molecule has 0 bridgehead atoms. The Morgan fingerprint density at radius 3 is 2.71 bits per heavy atom. The van der Waals surface area contributed by atoms with Crippen LogP contribution in [-0.4, -0.2) is 6.61 Å². The van der Waals surface area contributed by atoms with Crippen LogP contribution in [-0.2, 0) is 4.84 Å². The molecule has 1 rings (SSSR count). The zero-order chi connectivity index (χ0) is 10.6. The lowest BCUT2D eigenvalue weighted by Gasteiger charge is -2.15. The number of hydroxylamine groups is 1. The second-order valence-electron chi connectivity index (χ2n) is 2.94. The van der Waals surface area contributed by atoms with Crippen LogP contribution in [0.3, 0.4) is 0 Å². The van der Waals surface area contributed by atoms with Crippen molar-refractivity contribution in [1.29, 1.82) is 0 Å². The summed E-state index contributed by atoms with van der Waals surface area (Å²) in [6.45, 7) is 4.68. The number of nitrogens with one attached hydrogen (secondary N) is 1. The molecule has 0 spiro atoms. The average molecular weight is 323 g/mol. The van der Waals surface area contributed by atoms with Crippen molar-refractivity contribution in [3.63, 3.8) is 0 Å². The predicted octanol–water partition coefficient (Wildman–Crippen LogP) is 3.81. The van der Waals surface area contributed by atoms with E-state index in [2.05, 4.69) is 50.3 Å². The van der Waals surface area contributed by atoms with Crippen molar-refractivity contribution in [3.8, 4) is 0 Å². The zero-order valence-corrected chi connectivity index (χ0v) is 11.4. The molecule has 0 saturated heterocycles. The molecule has 0 heterocycles. The minimum atomic E-state index is 0.178. The molecule has 0 aliphatic heterocycles. The summed E-state index contributed by atoms with van der Waals surface area (Å²) in [7, 11) is 0. The molecule has 4 heteroatoms. The summed E-state index contributed by atoms with van der Waals surface area (Å²) < 4.78 is 2.14. The SMILES string of the molecule is CCONC(C)c1ccc(Br)cc1Br. The van der Waals surface area contributed by atoms with Gasteiger partial charge in [0.25, 0.3) is 0 Å². The molecule has 1 unspecified atom stereocenters. The standard InChI is InChI=1S/C10H13Br2NO/c1-3-14-13-7(2)9-5-4-8(11)6-10(9)12/h4-7,13H,3H2,1-2H3. The quantitative estimate of drug-likeness (QED) is 0.851. The molecule has 0 saturated carbocycles. The third kappa shape index (κ3) is 3.35. The average Bonchev–Trinajstić information content (AvgIpc) is 2.14. The van der Waals surface area contributed by atoms with E-state index in [0.717, 1.165) is 8.95 Å². The zero-order valence-electron chi connectivity index (χ0n) is 8.18. The third-order valence-electron chi connectivity index (χ3n) is 1.83. The minimum Gasteiger partial charge on any atom is -0.302 e. The van der Waals surface area contributed by atoms with E-state index < -0.39 is 0 Å². The van der Waals surface area contributed by atoms with Crippen LogP contribution in [0.15, 0.2) is 27.1 Å². The van der Waals surface area contributed by atoms with Crippen LogP contribution in [0.1, 0.15) is 25.5 Å². The second kappa shape index (κ2) is 5.85. The van der Waals surface area contributed by atoms with Crippen LogP contribution >= 0.6 is 31.9 Å². The first kappa shape index (κ1) is 12.2. The van der Waals surface area contributed by atoms with E-state index in [1.54, 1.807) is 0 Å². The van der Waals surface area contributed by atoms with Gasteiger partial charge in [0.1, 0.15) is 0 Å². The Morgan fingerprint density at radius 2 is 2.14 bits per heavy atom. The molecular weight excluding hydrogens is 310 g/mol. The first-order valence-electron chi connectivity index (χ1n) is 4.47. The number of hydrogen-bond acceptors (Lipinski definition) is 2. The summed E-state index contributed by atoms with van der Waals surface area (Å²) in [6, 6.07) is 6.28. The van der Waals surface area contributed by atoms with Gasteiger partial charge in [-0.3, -0.25) is 0 Å². The molecule has 14 heavy (non-hydrogen) atoms. The van der Waals surface area contributed by atoms with Gasteiger partial charge in [-0.05, 0) is 31.5 Å². The maximum Gasteiger partial charge on any atom is 0.0654 e. The molecule has 0 fully saturated rings. The minimum absolute atomic E-state index is 0.178. The van der Waals surface area contributed by atoms with E-state index in [-0.39, 0.29) is 6.04 Å². The molecule has 2 nitrogen and oxygen atoms in total. The van der Waals surface area contributed by atoms with Gasteiger partial charge in [0, 0.05) is 8.95 Å². The fourth-order valence-electron chi connectivity index (χ4n) is 1.12. The highest BCUT2D eigenvalue weighted by molar-refractivity contribution is 9.11. The number of hydrogen-bond donors (Lipinski definition) is 1. The highest BCUT2D eigenvalue weighted by Gasteiger charge is 2.08. The smallest absolute Gasteiger partial charge is 0.0654 e. The van der Waals surface area contributed by atoms with Crippen LogP contribution in [0.4, 0.5) is 0 Å². The van der Waals surface area contributed by atoms with Gasteiger partial charge in [-0.25, -0.2) is 0 Å². The van der Waals surface area contributed by atoms with Gasteiger partial charge in [-0.1, -0.05) is 37.9 Å². The van der Waals surface area contributed by atoms with Crippen molar-refractivity contribution in [3.05, 3.63) is 32.7 Å². The molecule has 1 aromatic rings. The maximum atomic E-state index is 5.15. The Kier molecular flexibility index (Phi) is 5.09. The Balaban J connectivity index is 2.74. The van der Waals surface area contributed by atoms with Crippen molar-refractivity contribution >= 4 is 31.9 Å². The molecule has 1 atom stereocenters. The van der Waals surface area contributed by atoms with Gasteiger partial charge in [-0.15, -0.1) is 0 Å². The molecule has 0 aliphatic rings. The van der Waals surface area contributed by atoms with E-state index in [4.69, 9.17) is 4.84 Å². The lowest BCUT2D eigenvalue weighted by Crippen LogP contribution is -2.19. The van der Waals surface area contributed by atoms with Gasteiger partial charge in [0.05, 0.1) is 12.6 Å². The lowest BCUT2D eigenvalue weighted by molar-refractivity contribution is 0.0283. The Bertz CT molecular complexity index is 304.